The van der Waals surface area contributed by atoms with Crippen LogP contribution < -0.4 is 3.58 Å². The van der Waals surface area contributed by atoms with Gasteiger partial charge in [0.2, 0.25) is 0 Å². The fraction of sp³-hybridized carbons (Fsp3) is 0.455. The van der Waals surface area contributed by atoms with E-state index in [1.807, 2.05) is 26.0 Å². The van der Waals surface area contributed by atoms with Gasteiger partial charge in [-0.1, -0.05) is 0 Å². The van der Waals surface area contributed by atoms with Crippen LogP contribution in [0.3, 0.4) is 0 Å². The predicted octanol–water partition coefficient (Wildman–Crippen LogP) is 0.671. The molecule has 0 unspecified atom stereocenters. The summed E-state index contributed by atoms with van der Waals surface area (Å²) in [6.07, 6.45) is 0. The van der Waals surface area contributed by atoms with Crippen LogP contribution in [0.4, 0.5) is 0 Å². The average molecular weight is 299 g/mol. The molecule has 0 aliphatic heterocycles. The van der Waals surface area contributed by atoms with Gasteiger partial charge in [0.25, 0.3) is 0 Å². The first kappa shape index (κ1) is 13.9. The molecule has 0 bridgehead atoms. The van der Waals surface area contributed by atoms with E-state index in [2.05, 4.69) is 47.5 Å². The van der Waals surface area contributed by atoms with Crippen LogP contribution >= 0.6 is 0 Å². The average Bonchev–Trinajstić information content (AvgIpc) is 2.03. The molecule has 0 aromatic heterocycles. The first-order valence-electron chi connectivity index (χ1n) is 4.62. The third-order valence-corrected chi connectivity index (χ3v) is 4.09. The van der Waals surface area contributed by atoms with E-state index < -0.39 is 21.4 Å². The van der Waals surface area contributed by atoms with E-state index in [1.165, 1.54) is 3.58 Å². The molecule has 3 heteroatoms. The summed E-state index contributed by atoms with van der Waals surface area (Å²) in [5.74, 6) is 0. The molecule has 0 saturated carbocycles. The van der Waals surface area contributed by atoms with Crippen LogP contribution in [0.5, 0.6) is 0 Å². The first-order valence-corrected chi connectivity index (χ1v) is 7.32. The van der Waals surface area contributed by atoms with Crippen LogP contribution in [-0.2, 0) is 0 Å². The van der Waals surface area contributed by atoms with Crippen molar-refractivity contribution in [1.82, 2.24) is 8.02 Å². The third kappa shape index (κ3) is 10.0. The van der Waals surface area contributed by atoms with E-state index in [-0.39, 0.29) is 0 Å². The molecular formula is C11H20N2Sn. The predicted molar refractivity (Wildman–Crippen MR) is 65.1 cm³/mol. The molecule has 0 N–H and O–H groups in total. The molecule has 1 aromatic rings. The molecule has 0 saturated heterocycles. The Morgan fingerprint density at radius 3 is 1.64 bits per heavy atom. The second-order valence-corrected chi connectivity index (χ2v) is 8.55. The quantitative estimate of drug-likeness (QED) is 0.741. The summed E-state index contributed by atoms with van der Waals surface area (Å²) < 4.78 is 3.87. The topological polar surface area (TPSA) is 6.48 Å². The third-order valence-electron chi connectivity index (χ3n) is 1.13. The number of rotatable bonds is 2. The molecular weight excluding hydrogens is 279 g/mol. The molecule has 1 rings (SSSR count). The van der Waals surface area contributed by atoms with E-state index in [4.69, 9.17) is 0 Å². The monoisotopic (exact) mass is 300 g/mol. The van der Waals surface area contributed by atoms with Crippen molar-refractivity contribution in [1.29, 1.82) is 0 Å². The van der Waals surface area contributed by atoms with Gasteiger partial charge in [0.15, 0.2) is 0 Å². The molecule has 0 atom stereocenters. The SMILES string of the molecule is CN(C)C.C[N](C)[Sn][c]1ccccc1. The molecule has 0 aliphatic carbocycles. The zero-order chi connectivity index (χ0) is 11.0. The standard InChI is InChI=1S/C6H5.C3H9N.C2H6N.Sn/c1-2-4-6-5-3-1;1-4(2)3;1-3-2;/h1-5H;1-3H3;1-2H3;/q;;-1;+1. The van der Waals surface area contributed by atoms with Gasteiger partial charge in [-0.2, -0.15) is 0 Å². The van der Waals surface area contributed by atoms with Crippen LogP contribution in [0.25, 0.3) is 0 Å². The molecule has 78 valence electrons. The summed E-state index contributed by atoms with van der Waals surface area (Å²) in [5, 5.41) is 0. The fourth-order valence-corrected chi connectivity index (χ4v) is 3.22. The van der Waals surface area contributed by atoms with Crippen LogP contribution in [0.2, 0.25) is 0 Å². The normalized spacial score (nSPS) is 9.93. The van der Waals surface area contributed by atoms with Crippen molar-refractivity contribution in [3.63, 3.8) is 0 Å². The van der Waals surface area contributed by atoms with Gasteiger partial charge in [0, 0.05) is 0 Å². The molecule has 1 aromatic carbocycles. The van der Waals surface area contributed by atoms with Gasteiger partial charge in [-0.05, 0) is 21.1 Å². The number of benzene rings is 1. The van der Waals surface area contributed by atoms with Gasteiger partial charge in [-0.25, -0.2) is 0 Å². The second-order valence-electron chi connectivity index (χ2n) is 3.71. The molecule has 0 spiro atoms. The summed E-state index contributed by atoms with van der Waals surface area (Å²) >= 11 is -0.406. The van der Waals surface area contributed by atoms with E-state index in [9.17, 15) is 0 Å². The van der Waals surface area contributed by atoms with Crippen molar-refractivity contribution in [2.45, 2.75) is 0 Å². The van der Waals surface area contributed by atoms with Crippen LogP contribution in [-0.4, -0.2) is 64.7 Å². The van der Waals surface area contributed by atoms with Gasteiger partial charge in [0.05, 0.1) is 0 Å². The Balaban J connectivity index is 0.000000364. The van der Waals surface area contributed by atoms with Crippen LogP contribution in [0, 0.1) is 0 Å². The summed E-state index contributed by atoms with van der Waals surface area (Å²) in [7, 11) is 10.3. The molecule has 0 fully saturated rings. The van der Waals surface area contributed by atoms with E-state index in [0.717, 1.165) is 0 Å². The second kappa shape index (κ2) is 8.26. The van der Waals surface area contributed by atoms with Gasteiger partial charge >= 0.3 is 72.5 Å². The zero-order valence-corrected chi connectivity index (χ0v) is 12.6. The van der Waals surface area contributed by atoms with Crippen LogP contribution in [0.1, 0.15) is 0 Å². The Morgan fingerprint density at radius 1 is 0.857 bits per heavy atom. The van der Waals surface area contributed by atoms with Gasteiger partial charge < -0.3 is 4.90 Å². The van der Waals surface area contributed by atoms with Crippen molar-refractivity contribution in [3.8, 4) is 0 Å². The summed E-state index contributed by atoms with van der Waals surface area (Å²) in [6, 6.07) is 10.7. The molecule has 2 nitrogen and oxygen atoms in total. The minimum atomic E-state index is -0.406. The zero-order valence-electron chi connectivity index (χ0n) is 9.78. The van der Waals surface area contributed by atoms with Gasteiger partial charge in [-0.15, -0.1) is 0 Å². The summed E-state index contributed by atoms with van der Waals surface area (Å²) in [6.45, 7) is 0. The fourth-order valence-electron chi connectivity index (χ4n) is 0.771. The number of hydrogen-bond donors (Lipinski definition) is 0. The van der Waals surface area contributed by atoms with E-state index in [1.54, 1.807) is 0 Å². The Morgan fingerprint density at radius 2 is 1.29 bits per heavy atom. The Labute approximate surface area is 98.5 Å². The molecule has 0 amide bonds. The van der Waals surface area contributed by atoms with E-state index >= 15 is 0 Å². The Kier molecular flexibility index (Phi) is 8.23. The van der Waals surface area contributed by atoms with Crippen molar-refractivity contribution in [2.24, 2.45) is 0 Å². The Bertz CT molecular complexity index is 219. The molecule has 2 radical (unpaired) electrons. The minimum absolute atomic E-state index is 0.406. The first-order chi connectivity index (χ1) is 6.52. The van der Waals surface area contributed by atoms with E-state index in [0.29, 0.717) is 0 Å². The molecule has 14 heavy (non-hydrogen) atoms. The van der Waals surface area contributed by atoms with Crippen molar-refractivity contribution < 1.29 is 0 Å². The van der Waals surface area contributed by atoms with Crippen molar-refractivity contribution >= 4 is 25.0 Å². The summed E-state index contributed by atoms with van der Waals surface area (Å²) in [5.41, 5.74) is 0. The summed E-state index contributed by atoms with van der Waals surface area (Å²) in [4.78, 5) is 2.00. The Hall–Kier alpha value is -0.0613. The number of nitrogens with zero attached hydrogens (tertiary/aromatic N) is 2. The maximum atomic E-state index is 2.33. The molecule has 0 heterocycles. The maximum absolute atomic E-state index is 2.33. The molecule has 0 aliphatic rings. The van der Waals surface area contributed by atoms with Crippen LogP contribution in [0.15, 0.2) is 30.3 Å². The van der Waals surface area contributed by atoms with Crippen molar-refractivity contribution in [3.05, 3.63) is 30.3 Å². The van der Waals surface area contributed by atoms with Crippen molar-refractivity contribution in [2.75, 3.05) is 35.2 Å². The number of hydrogen-bond acceptors (Lipinski definition) is 2. The van der Waals surface area contributed by atoms with Gasteiger partial charge in [0.1, 0.15) is 0 Å². The van der Waals surface area contributed by atoms with Gasteiger partial charge in [-0.3, -0.25) is 0 Å².